The SMILES string of the molecule is Oc1cc(-n2ccnc2)ccc1-c1ccc(O[C@H]2CC3CC[C@@H](C3)C2)nn1. The number of phenols is 1. The summed E-state index contributed by atoms with van der Waals surface area (Å²) in [6.45, 7) is 0. The lowest BCUT2D eigenvalue weighted by atomic mass is 9.87. The number of hydrogen-bond donors (Lipinski definition) is 1. The first kappa shape index (κ1) is 16.3. The summed E-state index contributed by atoms with van der Waals surface area (Å²) >= 11 is 0. The van der Waals surface area contributed by atoms with Gasteiger partial charge in [-0.1, -0.05) is 12.8 Å². The molecule has 2 aromatic heterocycles. The van der Waals surface area contributed by atoms with Gasteiger partial charge in [-0.25, -0.2) is 4.98 Å². The Kier molecular flexibility index (Phi) is 4.03. The van der Waals surface area contributed by atoms with E-state index in [1.165, 1.54) is 19.3 Å². The molecule has 1 unspecified atom stereocenters. The number of imidazole rings is 1. The summed E-state index contributed by atoms with van der Waals surface area (Å²) in [5.41, 5.74) is 2.11. The summed E-state index contributed by atoms with van der Waals surface area (Å²) in [6.07, 6.45) is 11.8. The van der Waals surface area contributed by atoms with E-state index in [-0.39, 0.29) is 11.9 Å². The third-order valence-electron chi connectivity index (χ3n) is 5.83. The zero-order valence-corrected chi connectivity index (χ0v) is 15.0. The minimum atomic E-state index is 0.160. The number of ether oxygens (including phenoxy) is 1. The number of aromatic hydroxyl groups is 1. The number of nitrogens with zero attached hydrogens (tertiary/aromatic N) is 4. The van der Waals surface area contributed by atoms with Gasteiger partial charge in [0.25, 0.3) is 0 Å². The van der Waals surface area contributed by atoms with Crippen molar-refractivity contribution in [2.24, 2.45) is 11.8 Å². The van der Waals surface area contributed by atoms with E-state index in [2.05, 4.69) is 15.2 Å². The summed E-state index contributed by atoms with van der Waals surface area (Å²) in [5.74, 6) is 2.38. The number of aromatic nitrogens is 4. The van der Waals surface area contributed by atoms with Crippen molar-refractivity contribution in [1.82, 2.24) is 19.7 Å². The van der Waals surface area contributed by atoms with E-state index in [1.807, 2.05) is 35.0 Å². The molecule has 0 amide bonds. The van der Waals surface area contributed by atoms with Gasteiger partial charge in [0.15, 0.2) is 0 Å². The Labute approximate surface area is 157 Å². The minimum absolute atomic E-state index is 0.160. The van der Waals surface area contributed by atoms with Crippen molar-refractivity contribution < 1.29 is 9.84 Å². The maximum atomic E-state index is 10.4. The Morgan fingerprint density at radius 3 is 2.52 bits per heavy atom. The molecule has 3 atom stereocenters. The molecule has 2 aliphatic carbocycles. The van der Waals surface area contributed by atoms with Gasteiger partial charge in [-0.05, 0) is 49.3 Å². The average Bonchev–Trinajstić information content (AvgIpc) is 3.32. The van der Waals surface area contributed by atoms with Crippen molar-refractivity contribution in [3.8, 4) is 28.6 Å². The molecule has 5 rings (SSSR count). The number of phenolic OH excluding ortho intramolecular Hbond substituents is 1. The van der Waals surface area contributed by atoms with Gasteiger partial charge in [0, 0.05) is 30.1 Å². The predicted octanol–water partition coefficient (Wildman–Crippen LogP) is 3.99. The van der Waals surface area contributed by atoms with E-state index in [4.69, 9.17) is 4.74 Å². The lowest BCUT2D eigenvalue weighted by Gasteiger charge is -2.27. The van der Waals surface area contributed by atoms with Crippen molar-refractivity contribution in [2.45, 2.75) is 38.2 Å². The van der Waals surface area contributed by atoms with E-state index < -0.39 is 0 Å². The monoisotopic (exact) mass is 362 g/mol. The largest absolute Gasteiger partial charge is 0.507 e. The molecule has 2 aliphatic rings. The summed E-state index contributed by atoms with van der Waals surface area (Å²) in [6, 6.07) is 9.16. The molecule has 0 saturated heterocycles. The normalized spacial score (nSPS) is 24.1. The molecular formula is C21H22N4O2. The molecule has 2 bridgehead atoms. The van der Waals surface area contributed by atoms with Gasteiger partial charge in [0.1, 0.15) is 11.9 Å². The molecule has 2 heterocycles. The van der Waals surface area contributed by atoms with Crippen LogP contribution in [0.4, 0.5) is 0 Å². The first-order valence-electron chi connectivity index (χ1n) is 9.57. The zero-order chi connectivity index (χ0) is 18.2. The van der Waals surface area contributed by atoms with Crippen LogP contribution in [0.15, 0.2) is 49.1 Å². The van der Waals surface area contributed by atoms with Crippen molar-refractivity contribution in [2.75, 3.05) is 0 Å². The number of rotatable bonds is 4. The average molecular weight is 362 g/mol. The topological polar surface area (TPSA) is 73.1 Å². The molecule has 2 saturated carbocycles. The fourth-order valence-electron chi connectivity index (χ4n) is 4.55. The molecule has 2 fully saturated rings. The third kappa shape index (κ3) is 3.27. The Morgan fingerprint density at radius 1 is 1.00 bits per heavy atom. The number of benzene rings is 1. The van der Waals surface area contributed by atoms with Crippen LogP contribution in [0.3, 0.4) is 0 Å². The van der Waals surface area contributed by atoms with E-state index in [0.29, 0.717) is 17.1 Å². The summed E-state index contributed by atoms with van der Waals surface area (Å²) in [5, 5.41) is 18.9. The highest BCUT2D eigenvalue weighted by Gasteiger charge is 2.35. The van der Waals surface area contributed by atoms with E-state index >= 15 is 0 Å². The van der Waals surface area contributed by atoms with E-state index in [9.17, 15) is 5.11 Å². The highest BCUT2D eigenvalue weighted by atomic mass is 16.5. The van der Waals surface area contributed by atoms with Crippen molar-refractivity contribution in [1.29, 1.82) is 0 Å². The van der Waals surface area contributed by atoms with Crippen LogP contribution in [0.1, 0.15) is 32.1 Å². The standard InChI is InChI=1S/C21H22N4O2/c26-20-12-16(25-8-7-22-13-25)3-4-18(20)19-5-6-21(24-23-19)27-17-10-14-1-2-15(9-14)11-17/h3-8,12-15,17,26H,1-2,9-11H2/t14-,15?,17+/m0/s1. The van der Waals surface area contributed by atoms with Crippen LogP contribution in [-0.2, 0) is 0 Å². The van der Waals surface area contributed by atoms with E-state index in [1.54, 1.807) is 18.6 Å². The smallest absolute Gasteiger partial charge is 0.233 e. The second kappa shape index (κ2) is 6.68. The van der Waals surface area contributed by atoms with Gasteiger partial charge in [-0.15, -0.1) is 10.2 Å². The minimum Gasteiger partial charge on any atom is -0.507 e. The molecule has 3 aromatic rings. The van der Waals surface area contributed by atoms with Gasteiger partial charge in [-0.2, -0.15) is 0 Å². The molecule has 1 N–H and O–H groups in total. The lowest BCUT2D eigenvalue weighted by Crippen LogP contribution is -2.26. The van der Waals surface area contributed by atoms with Gasteiger partial charge in [-0.3, -0.25) is 0 Å². The predicted molar refractivity (Wildman–Crippen MR) is 101 cm³/mol. The van der Waals surface area contributed by atoms with Gasteiger partial charge in [0.05, 0.1) is 17.7 Å². The van der Waals surface area contributed by atoms with Gasteiger partial charge < -0.3 is 14.4 Å². The second-order valence-corrected chi connectivity index (χ2v) is 7.68. The summed E-state index contributed by atoms with van der Waals surface area (Å²) in [4.78, 5) is 4.02. The molecule has 0 radical (unpaired) electrons. The second-order valence-electron chi connectivity index (χ2n) is 7.68. The Balaban J connectivity index is 1.31. The Hall–Kier alpha value is -2.89. The maximum absolute atomic E-state index is 10.4. The van der Waals surface area contributed by atoms with Gasteiger partial charge >= 0.3 is 0 Å². The van der Waals surface area contributed by atoms with E-state index in [0.717, 1.165) is 30.4 Å². The van der Waals surface area contributed by atoms with Gasteiger partial charge in [0.2, 0.25) is 5.88 Å². The summed E-state index contributed by atoms with van der Waals surface area (Å²) in [7, 11) is 0. The van der Waals surface area contributed by atoms with Crippen LogP contribution in [0.5, 0.6) is 11.6 Å². The number of hydrogen-bond acceptors (Lipinski definition) is 5. The molecule has 27 heavy (non-hydrogen) atoms. The highest BCUT2D eigenvalue weighted by molar-refractivity contribution is 5.68. The fourth-order valence-corrected chi connectivity index (χ4v) is 4.55. The van der Waals surface area contributed by atoms with Crippen molar-refractivity contribution in [3.63, 3.8) is 0 Å². The highest BCUT2D eigenvalue weighted by Crippen LogP contribution is 2.43. The molecule has 6 nitrogen and oxygen atoms in total. The first-order valence-corrected chi connectivity index (χ1v) is 9.57. The third-order valence-corrected chi connectivity index (χ3v) is 5.83. The molecule has 0 spiro atoms. The van der Waals surface area contributed by atoms with Crippen LogP contribution >= 0.6 is 0 Å². The lowest BCUT2D eigenvalue weighted by molar-refractivity contribution is 0.113. The van der Waals surface area contributed by atoms with Crippen LogP contribution < -0.4 is 4.74 Å². The molecular weight excluding hydrogens is 340 g/mol. The molecule has 6 heteroatoms. The number of fused-ring (bicyclic) bond motifs is 2. The van der Waals surface area contributed by atoms with Crippen LogP contribution in [0.2, 0.25) is 0 Å². The Morgan fingerprint density at radius 2 is 1.85 bits per heavy atom. The molecule has 138 valence electrons. The van der Waals surface area contributed by atoms with Crippen molar-refractivity contribution in [3.05, 3.63) is 49.1 Å². The molecule has 1 aromatic carbocycles. The van der Waals surface area contributed by atoms with Crippen LogP contribution in [0.25, 0.3) is 16.9 Å². The summed E-state index contributed by atoms with van der Waals surface area (Å²) < 4.78 is 7.92. The molecule has 0 aliphatic heterocycles. The Bertz CT molecular complexity index is 912. The quantitative estimate of drug-likeness (QED) is 0.760. The fraction of sp³-hybridized carbons (Fsp3) is 0.381. The van der Waals surface area contributed by atoms with Crippen LogP contribution in [0, 0.1) is 11.8 Å². The van der Waals surface area contributed by atoms with Crippen LogP contribution in [-0.4, -0.2) is 31.0 Å². The zero-order valence-electron chi connectivity index (χ0n) is 15.0. The van der Waals surface area contributed by atoms with Crippen molar-refractivity contribution >= 4 is 0 Å². The maximum Gasteiger partial charge on any atom is 0.233 e. The first-order chi connectivity index (χ1) is 13.2.